The van der Waals surface area contributed by atoms with Crippen LogP contribution >= 0.6 is 0 Å². The number of nitrogens with one attached hydrogen (secondary N) is 5. The van der Waals surface area contributed by atoms with Crippen LogP contribution in [0.1, 0.15) is 81.1 Å². The Balaban J connectivity index is 0.000000245. The van der Waals surface area contributed by atoms with Crippen LogP contribution in [0.4, 0.5) is 0 Å². The van der Waals surface area contributed by atoms with Gasteiger partial charge in [-0.05, 0) is 79.3 Å². The zero-order chi connectivity index (χ0) is 26.4. The molecule has 211 valence electrons. The van der Waals surface area contributed by atoms with Gasteiger partial charge in [-0.25, -0.2) is 15.4 Å². The third-order valence-corrected chi connectivity index (χ3v) is 6.36. The Morgan fingerprint density at radius 1 is 0.615 bits per heavy atom. The number of nitrogens with zero attached hydrogens (tertiary/aromatic N) is 2. The number of unbranched alkanes of at least 4 members (excludes halogenated alkanes) is 7. The molecule has 0 unspecified atom stereocenters. The van der Waals surface area contributed by atoms with Gasteiger partial charge >= 0.3 is 0 Å². The monoisotopic (exact) mass is 709 g/mol. The minimum absolute atomic E-state index is 0. The second kappa shape index (κ2) is 17.0. The largest absolute Gasteiger partial charge is 0.355 e. The molecule has 7 N–H and O–H groups in total. The first-order valence-corrected chi connectivity index (χ1v) is 13.7. The molecule has 0 saturated heterocycles. The van der Waals surface area contributed by atoms with Crippen LogP contribution in [0.15, 0.2) is 48.5 Å². The summed E-state index contributed by atoms with van der Waals surface area (Å²) in [6.45, 7) is 3.23. The maximum Gasteiger partial charge on any atom is 0.0659 e. The summed E-state index contributed by atoms with van der Waals surface area (Å²) in [5.74, 6) is 5.01. The number of fused-ring (bicyclic) bond motifs is 8. The van der Waals surface area contributed by atoms with Crippen LogP contribution < -0.4 is 22.3 Å². The van der Waals surface area contributed by atoms with Gasteiger partial charge in [-0.2, -0.15) is 11.1 Å². The predicted octanol–water partition coefficient (Wildman–Crippen LogP) is 6.25. The van der Waals surface area contributed by atoms with E-state index in [-0.39, 0.29) is 22.4 Å². The van der Waals surface area contributed by atoms with Crippen molar-refractivity contribution < 1.29 is 22.4 Å². The van der Waals surface area contributed by atoms with Gasteiger partial charge in [0.25, 0.3) is 0 Å². The Morgan fingerprint density at radius 3 is 1.54 bits per heavy atom. The van der Waals surface area contributed by atoms with Gasteiger partial charge in [-0.3, -0.25) is 5.84 Å². The molecule has 8 bridgehead atoms. The fourth-order valence-electron chi connectivity index (χ4n) is 4.40. The average Bonchev–Trinajstić information content (AvgIpc) is 3.72. The van der Waals surface area contributed by atoms with Gasteiger partial charge < -0.3 is 9.97 Å². The number of aromatic amines is 2. The summed E-state index contributed by atoms with van der Waals surface area (Å²) in [4.78, 5) is 16.0. The van der Waals surface area contributed by atoms with E-state index in [0.29, 0.717) is 0 Å². The summed E-state index contributed by atoms with van der Waals surface area (Å²) >= 11 is 0. The molecule has 5 rings (SSSR count). The van der Waals surface area contributed by atoms with Gasteiger partial charge in [0.05, 0.1) is 22.8 Å². The number of nitrogens with two attached hydrogens (primary N) is 1. The van der Waals surface area contributed by atoms with E-state index in [0.717, 1.165) is 51.4 Å². The summed E-state index contributed by atoms with van der Waals surface area (Å²) in [7, 11) is 0. The Hall–Kier alpha value is -2.82. The minimum Gasteiger partial charge on any atom is -0.355 e. The first-order valence-electron chi connectivity index (χ1n) is 13.7. The van der Waals surface area contributed by atoms with Gasteiger partial charge in [0.2, 0.25) is 0 Å². The Bertz CT molecular complexity index is 1270. The van der Waals surface area contributed by atoms with Crippen molar-refractivity contribution in [3.63, 3.8) is 0 Å². The van der Waals surface area contributed by atoms with Gasteiger partial charge in [0.15, 0.2) is 0 Å². The van der Waals surface area contributed by atoms with Crippen molar-refractivity contribution in [2.75, 3.05) is 6.54 Å². The zero-order valence-corrected chi connectivity index (χ0v) is 24.7. The van der Waals surface area contributed by atoms with Crippen molar-refractivity contribution in [1.82, 2.24) is 36.4 Å². The minimum atomic E-state index is 0. The molecule has 1 radical (unpaired) electrons. The van der Waals surface area contributed by atoms with Gasteiger partial charge in [-0.15, -0.1) is 0 Å². The van der Waals surface area contributed by atoms with Crippen molar-refractivity contribution in [3.05, 3.63) is 71.3 Å². The maximum absolute atomic E-state index is 5.01. The summed E-state index contributed by atoms with van der Waals surface area (Å²) in [5, 5.41) is 0. The molecule has 39 heavy (non-hydrogen) atoms. The fourth-order valence-corrected chi connectivity index (χ4v) is 4.40. The number of hydrogen-bond acceptors (Lipinski definition) is 6. The normalized spacial score (nSPS) is 11.6. The van der Waals surface area contributed by atoms with Crippen molar-refractivity contribution in [1.29, 1.82) is 0 Å². The first-order chi connectivity index (χ1) is 18.7. The number of hydrogen-bond donors (Lipinski definition) is 6. The molecule has 3 aromatic rings. The molecular formula is C30H40AuN8. The topological polar surface area (TPSA) is 119 Å². The molecule has 0 spiro atoms. The molecule has 0 amide bonds. The molecule has 0 saturated carbocycles. The van der Waals surface area contributed by atoms with E-state index in [1.54, 1.807) is 0 Å². The maximum atomic E-state index is 5.01. The quantitative estimate of drug-likeness (QED) is 0.0418. The second-order valence-corrected chi connectivity index (χ2v) is 9.58. The van der Waals surface area contributed by atoms with Crippen LogP contribution in [0, 0.1) is 0 Å². The van der Waals surface area contributed by atoms with Gasteiger partial charge in [0.1, 0.15) is 0 Å². The summed E-state index contributed by atoms with van der Waals surface area (Å²) in [6.07, 6.45) is 18.9. The predicted molar refractivity (Wildman–Crippen MR) is 160 cm³/mol. The number of H-pyrrole nitrogens is 2. The third kappa shape index (κ3) is 10.7. The fraction of sp³-hybridized carbons (Fsp3) is 0.333. The molecule has 0 atom stereocenters. The molecule has 5 heterocycles. The Labute approximate surface area is 246 Å². The van der Waals surface area contributed by atoms with Gasteiger partial charge in [0, 0.05) is 51.0 Å². The van der Waals surface area contributed by atoms with Crippen LogP contribution in [0.2, 0.25) is 0 Å². The second-order valence-electron chi connectivity index (χ2n) is 9.58. The van der Waals surface area contributed by atoms with E-state index in [4.69, 9.17) is 5.84 Å². The van der Waals surface area contributed by atoms with E-state index in [9.17, 15) is 0 Å². The zero-order valence-electron chi connectivity index (χ0n) is 22.6. The van der Waals surface area contributed by atoms with Crippen LogP contribution in [-0.2, 0) is 22.4 Å². The van der Waals surface area contributed by atoms with Crippen molar-refractivity contribution in [2.45, 2.75) is 58.3 Å². The van der Waals surface area contributed by atoms with E-state index in [1.165, 1.54) is 51.4 Å². The van der Waals surface area contributed by atoms with Crippen LogP contribution in [-0.4, -0.2) is 26.5 Å². The van der Waals surface area contributed by atoms with Crippen LogP contribution in [0.3, 0.4) is 0 Å². The Morgan fingerprint density at radius 2 is 1.05 bits per heavy atom. The van der Waals surface area contributed by atoms with E-state index >= 15 is 0 Å². The summed E-state index contributed by atoms with van der Waals surface area (Å²) in [5.41, 5.74) is 15.8. The summed E-state index contributed by atoms with van der Waals surface area (Å²) in [6, 6.07) is 16.4. The average molecular weight is 710 g/mol. The molecule has 8 nitrogen and oxygen atoms in total. The summed E-state index contributed by atoms with van der Waals surface area (Å²) < 4.78 is 0. The molecule has 0 fully saturated rings. The molecule has 0 aromatic carbocycles. The SMILES string of the molecule is C1=Cc2cc3ccc(cc4ccc(cc5nc(cc1n2)C=C5)[nH]4)[nH]3.CCCCCCCCCCNNNN.[Au]. The molecule has 3 aromatic heterocycles. The smallest absolute Gasteiger partial charge is 0.0659 e. The molecule has 9 heteroatoms. The number of aromatic nitrogens is 4. The molecule has 0 aliphatic carbocycles. The van der Waals surface area contributed by atoms with E-state index < -0.39 is 0 Å². The molecule has 2 aliphatic rings. The standard InChI is InChI=1S/C20H14N4.C10H26N4.Au/c1-2-14-10-16-5-6-18(23-16)12-20-8-7-19(24-20)11-17-4-3-15(22-17)9-13(1)21-14;1-2-3-4-5-6-7-8-9-10-12-14-13-11;/h1-12,21-22H;12-14H,2-11H2,1H3;. The van der Waals surface area contributed by atoms with E-state index in [1.807, 2.05) is 42.5 Å². The van der Waals surface area contributed by atoms with Crippen molar-refractivity contribution in [3.8, 4) is 0 Å². The van der Waals surface area contributed by atoms with Gasteiger partial charge in [-0.1, -0.05) is 51.9 Å². The van der Waals surface area contributed by atoms with Crippen molar-refractivity contribution >= 4 is 46.4 Å². The molecular weight excluding hydrogens is 669 g/mol. The molecule has 2 aliphatic heterocycles. The van der Waals surface area contributed by atoms with Crippen LogP contribution in [0.5, 0.6) is 0 Å². The number of hydrazine groups is 3. The number of rotatable bonds is 11. The van der Waals surface area contributed by atoms with E-state index in [2.05, 4.69) is 73.7 Å². The third-order valence-electron chi connectivity index (χ3n) is 6.36. The Kier molecular flexibility index (Phi) is 13.4. The first kappa shape index (κ1) is 30.7. The van der Waals surface area contributed by atoms with Crippen molar-refractivity contribution in [2.24, 2.45) is 5.84 Å². The van der Waals surface area contributed by atoms with Crippen LogP contribution in [0.25, 0.3) is 46.4 Å².